The molecular formula is C15H10ClFO2. The molecule has 3 rings (SSSR count). The van der Waals surface area contributed by atoms with E-state index < -0.39 is 5.82 Å². The predicted octanol–water partition coefficient (Wildman–Crippen LogP) is 3.74. The van der Waals surface area contributed by atoms with Crippen molar-refractivity contribution in [1.82, 2.24) is 0 Å². The Morgan fingerprint density at radius 2 is 1.89 bits per heavy atom. The van der Waals surface area contributed by atoms with Crippen molar-refractivity contribution in [2.24, 2.45) is 0 Å². The van der Waals surface area contributed by atoms with Gasteiger partial charge in [0, 0.05) is 11.1 Å². The van der Waals surface area contributed by atoms with Gasteiger partial charge in [0.15, 0.2) is 5.78 Å². The normalized spacial score (nSPS) is 13.4. The number of ether oxygens (including phenoxy) is 1. The Balaban J connectivity index is 2.00. The van der Waals surface area contributed by atoms with Crippen LogP contribution in [0.15, 0.2) is 36.4 Å². The van der Waals surface area contributed by atoms with E-state index in [1.807, 2.05) is 12.1 Å². The second-order valence-corrected chi connectivity index (χ2v) is 4.84. The van der Waals surface area contributed by atoms with Crippen LogP contribution in [0.2, 0.25) is 5.02 Å². The zero-order chi connectivity index (χ0) is 13.4. The van der Waals surface area contributed by atoms with Crippen LogP contribution in [0.5, 0.6) is 0 Å². The molecule has 0 fully saturated rings. The summed E-state index contributed by atoms with van der Waals surface area (Å²) in [7, 11) is 0. The first-order chi connectivity index (χ1) is 9.15. The average molecular weight is 277 g/mol. The Kier molecular flexibility index (Phi) is 3.09. The van der Waals surface area contributed by atoms with Gasteiger partial charge in [-0.2, -0.15) is 0 Å². The van der Waals surface area contributed by atoms with Crippen LogP contribution in [0, 0.1) is 5.82 Å². The first-order valence-corrected chi connectivity index (χ1v) is 6.22. The minimum Gasteiger partial charge on any atom is -0.372 e. The number of hydrogen-bond acceptors (Lipinski definition) is 2. The average Bonchev–Trinajstić information content (AvgIpc) is 2.85. The maximum atomic E-state index is 13.0. The van der Waals surface area contributed by atoms with E-state index in [0.717, 1.165) is 17.2 Å². The molecule has 0 bridgehead atoms. The molecule has 0 amide bonds. The Bertz CT molecular complexity index is 667. The molecule has 0 saturated heterocycles. The highest BCUT2D eigenvalue weighted by Crippen LogP contribution is 2.25. The Labute approximate surface area is 114 Å². The number of rotatable bonds is 2. The third-order valence-corrected chi connectivity index (χ3v) is 3.47. The molecule has 0 radical (unpaired) electrons. The lowest BCUT2D eigenvalue weighted by Crippen LogP contribution is -2.03. The van der Waals surface area contributed by atoms with Crippen molar-refractivity contribution in [3.8, 4) is 0 Å². The monoisotopic (exact) mass is 276 g/mol. The van der Waals surface area contributed by atoms with E-state index in [9.17, 15) is 9.18 Å². The predicted molar refractivity (Wildman–Crippen MR) is 69.8 cm³/mol. The number of benzene rings is 2. The highest BCUT2D eigenvalue weighted by atomic mass is 35.5. The van der Waals surface area contributed by atoms with Gasteiger partial charge in [-0.15, -0.1) is 0 Å². The molecule has 1 aliphatic rings. The van der Waals surface area contributed by atoms with Crippen molar-refractivity contribution in [3.05, 3.63) is 69.5 Å². The molecular weight excluding hydrogens is 267 g/mol. The van der Waals surface area contributed by atoms with Crippen molar-refractivity contribution in [2.75, 3.05) is 0 Å². The fraction of sp³-hybridized carbons (Fsp3) is 0.133. The maximum Gasteiger partial charge on any atom is 0.194 e. The highest BCUT2D eigenvalue weighted by Gasteiger charge is 2.17. The standard InChI is InChI=1S/C15H10ClFO2/c16-14-6-12(17)3-4-13(14)15(18)9-1-2-10-7-19-8-11(10)5-9/h1-6H,7-8H2. The van der Waals surface area contributed by atoms with Crippen molar-refractivity contribution in [2.45, 2.75) is 13.2 Å². The molecule has 2 aromatic rings. The zero-order valence-corrected chi connectivity index (χ0v) is 10.7. The highest BCUT2D eigenvalue weighted by molar-refractivity contribution is 6.35. The number of carbonyl (C=O) groups excluding carboxylic acids is 1. The van der Waals surface area contributed by atoms with E-state index in [2.05, 4.69) is 0 Å². The summed E-state index contributed by atoms with van der Waals surface area (Å²) in [5.41, 5.74) is 2.96. The van der Waals surface area contributed by atoms with Crippen LogP contribution in [-0.4, -0.2) is 5.78 Å². The third-order valence-electron chi connectivity index (χ3n) is 3.16. The summed E-state index contributed by atoms with van der Waals surface area (Å²) in [6, 6.07) is 9.22. The summed E-state index contributed by atoms with van der Waals surface area (Å²) in [5, 5.41) is 0.127. The molecule has 4 heteroatoms. The largest absolute Gasteiger partial charge is 0.372 e. The van der Waals surface area contributed by atoms with Gasteiger partial charge in [-0.25, -0.2) is 4.39 Å². The second-order valence-electron chi connectivity index (χ2n) is 4.43. The van der Waals surface area contributed by atoms with Crippen molar-refractivity contribution in [3.63, 3.8) is 0 Å². The van der Waals surface area contributed by atoms with Gasteiger partial charge in [-0.05, 0) is 35.4 Å². The molecule has 2 aromatic carbocycles. The molecule has 0 aromatic heterocycles. The zero-order valence-electron chi connectivity index (χ0n) is 9.95. The molecule has 0 aliphatic carbocycles. The molecule has 0 atom stereocenters. The molecule has 2 nitrogen and oxygen atoms in total. The second kappa shape index (κ2) is 4.76. The fourth-order valence-electron chi connectivity index (χ4n) is 2.14. The van der Waals surface area contributed by atoms with Crippen LogP contribution in [0.1, 0.15) is 27.0 Å². The Morgan fingerprint density at radius 3 is 2.68 bits per heavy atom. The van der Waals surface area contributed by atoms with Gasteiger partial charge >= 0.3 is 0 Å². The van der Waals surface area contributed by atoms with E-state index in [-0.39, 0.29) is 10.8 Å². The van der Waals surface area contributed by atoms with E-state index in [1.165, 1.54) is 12.1 Å². The van der Waals surface area contributed by atoms with Gasteiger partial charge in [0.1, 0.15) is 5.82 Å². The molecule has 96 valence electrons. The van der Waals surface area contributed by atoms with Crippen LogP contribution in [0.4, 0.5) is 4.39 Å². The van der Waals surface area contributed by atoms with Gasteiger partial charge < -0.3 is 4.74 Å². The lowest BCUT2D eigenvalue weighted by atomic mass is 9.99. The number of fused-ring (bicyclic) bond motifs is 1. The van der Waals surface area contributed by atoms with E-state index >= 15 is 0 Å². The van der Waals surface area contributed by atoms with Crippen LogP contribution in [0.25, 0.3) is 0 Å². The molecule has 0 unspecified atom stereocenters. The smallest absolute Gasteiger partial charge is 0.194 e. The Hall–Kier alpha value is -1.71. The van der Waals surface area contributed by atoms with Crippen molar-refractivity contribution >= 4 is 17.4 Å². The number of carbonyl (C=O) groups is 1. The van der Waals surface area contributed by atoms with Crippen LogP contribution >= 0.6 is 11.6 Å². The summed E-state index contributed by atoms with van der Waals surface area (Å²) in [6.07, 6.45) is 0. The van der Waals surface area contributed by atoms with Gasteiger partial charge in [0.05, 0.1) is 18.2 Å². The Morgan fingerprint density at radius 1 is 1.11 bits per heavy atom. The minimum atomic E-state index is -0.455. The molecule has 19 heavy (non-hydrogen) atoms. The lowest BCUT2D eigenvalue weighted by Gasteiger charge is -2.05. The van der Waals surface area contributed by atoms with Gasteiger partial charge in [0.25, 0.3) is 0 Å². The van der Waals surface area contributed by atoms with Crippen LogP contribution in [0.3, 0.4) is 0 Å². The first kappa shape index (κ1) is 12.3. The molecule has 0 N–H and O–H groups in total. The molecule has 1 heterocycles. The van der Waals surface area contributed by atoms with Gasteiger partial charge in [-0.1, -0.05) is 23.7 Å². The minimum absolute atomic E-state index is 0.127. The number of hydrogen-bond donors (Lipinski definition) is 0. The third kappa shape index (κ3) is 2.27. The molecule has 0 saturated carbocycles. The summed E-state index contributed by atoms with van der Waals surface area (Å²) in [5.74, 6) is -0.663. The topological polar surface area (TPSA) is 26.3 Å². The fourth-order valence-corrected chi connectivity index (χ4v) is 2.40. The maximum absolute atomic E-state index is 13.0. The summed E-state index contributed by atoms with van der Waals surface area (Å²) >= 11 is 5.91. The van der Waals surface area contributed by atoms with Crippen molar-refractivity contribution in [1.29, 1.82) is 0 Å². The van der Waals surface area contributed by atoms with Crippen LogP contribution in [-0.2, 0) is 18.0 Å². The van der Waals surface area contributed by atoms with E-state index in [1.54, 1.807) is 6.07 Å². The van der Waals surface area contributed by atoms with E-state index in [4.69, 9.17) is 16.3 Å². The van der Waals surface area contributed by atoms with Crippen molar-refractivity contribution < 1.29 is 13.9 Å². The molecule has 1 aliphatic heterocycles. The summed E-state index contributed by atoms with van der Waals surface area (Å²) in [4.78, 5) is 12.3. The quantitative estimate of drug-likeness (QED) is 0.781. The van der Waals surface area contributed by atoms with Gasteiger partial charge in [0.2, 0.25) is 0 Å². The van der Waals surface area contributed by atoms with Crippen LogP contribution < -0.4 is 0 Å². The number of halogens is 2. The SMILES string of the molecule is O=C(c1ccc2c(c1)COC2)c1ccc(F)cc1Cl. The number of ketones is 1. The lowest BCUT2D eigenvalue weighted by molar-refractivity contribution is 0.103. The summed E-state index contributed by atoms with van der Waals surface area (Å²) < 4.78 is 18.3. The summed E-state index contributed by atoms with van der Waals surface area (Å²) in [6.45, 7) is 1.11. The van der Waals surface area contributed by atoms with Gasteiger partial charge in [-0.3, -0.25) is 4.79 Å². The van der Waals surface area contributed by atoms with E-state index in [0.29, 0.717) is 24.3 Å². The first-order valence-electron chi connectivity index (χ1n) is 5.84. The molecule has 0 spiro atoms.